The van der Waals surface area contributed by atoms with Crippen molar-refractivity contribution in [1.82, 2.24) is 15.5 Å². The molecule has 1 aliphatic rings. The Morgan fingerprint density at radius 1 is 1.15 bits per heavy atom. The Bertz CT molecular complexity index is 730. The number of benzene rings is 2. The molecule has 3 rings (SSSR count). The Morgan fingerprint density at radius 2 is 1.93 bits per heavy atom. The summed E-state index contributed by atoms with van der Waals surface area (Å²) in [5.41, 5.74) is 1.65. The van der Waals surface area contributed by atoms with Gasteiger partial charge in [0.15, 0.2) is 0 Å². The fourth-order valence-corrected chi connectivity index (χ4v) is 3.14. The van der Waals surface area contributed by atoms with Gasteiger partial charge in [-0.05, 0) is 48.9 Å². The van der Waals surface area contributed by atoms with Gasteiger partial charge in [0.05, 0.1) is 0 Å². The number of carbonyl (C=O) groups is 1. The van der Waals surface area contributed by atoms with E-state index in [2.05, 4.69) is 15.5 Å². The number of hydrogen-bond acceptors (Lipinski definition) is 4. The zero-order chi connectivity index (χ0) is 18.9. The summed E-state index contributed by atoms with van der Waals surface area (Å²) in [6.07, 6.45) is 0.957. The van der Waals surface area contributed by atoms with Crippen molar-refractivity contribution in [3.8, 4) is 5.75 Å². The average Bonchev–Trinajstić information content (AvgIpc) is 2.71. The summed E-state index contributed by atoms with van der Waals surface area (Å²) in [5, 5.41) is 7.04. The van der Waals surface area contributed by atoms with Gasteiger partial charge in [-0.2, -0.15) is 0 Å². The minimum Gasteiger partial charge on any atom is -0.489 e. The number of ether oxygens (including phenoxy) is 1. The lowest BCUT2D eigenvalue weighted by molar-refractivity contribution is 0.0950. The molecule has 1 heterocycles. The van der Waals surface area contributed by atoms with Crippen LogP contribution in [0.3, 0.4) is 0 Å². The molecule has 144 valence electrons. The number of amides is 1. The molecule has 2 aromatic rings. The second-order valence-electron chi connectivity index (χ2n) is 6.64. The SMILES string of the molecule is O=C(NCCCN1CCNCC1)c1cccc(OCc2ccc(Cl)cc2)c1. The van der Waals surface area contributed by atoms with Crippen molar-refractivity contribution < 1.29 is 9.53 Å². The highest BCUT2D eigenvalue weighted by Gasteiger charge is 2.10. The molecule has 27 heavy (non-hydrogen) atoms. The highest BCUT2D eigenvalue weighted by Crippen LogP contribution is 2.16. The fraction of sp³-hybridized carbons (Fsp3) is 0.381. The Hall–Kier alpha value is -2.08. The van der Waals surface area contributed by atoms with Gasteiger partial charge in [-0.3, -0.25) is 4.79 Å². The summed E-state index contributed by atoms with van der Waals surface area (Å²) < 4.78 is 5.79. The Labute approximate surface area is 165 Å². The van der Waals surface area contributed by atoms with Gasteiger partial charge in [0.2, 0.25) is 0 Å². The van der Waals surface area contributed by atoms with Crippen molar-refractivity contribution in [3.05, 3.63) is 64.7 Å². The molecule has 0 atom stereocenters. The van der Waals surface area contributed by atoms with Gasteiger partial charge in [-0.25, -0.2) is 0 Å². The molecule has 5 nitrogen and oxygen atoms in total. The van der Waals surface area contributed by atoms with Crippen LogP contribution in [-0.2, 0) is 6.61 Å². The maximum Gasteiger partial charge on any atom is 0.251 e. The van der Waals surface area contributed by atoms with Gasteiger partial charge in [0.25, 0.3) is 5.91 Å². The summed E-state index contributed by atoms with van der Waals surface area (Å²) in [6.45, 7) is 6.41. The first-order valence-corrected chi connectivity index (χ1v) is 9.77. The molecule has 0 spiro atoms. The molecule has 0 aliphatic carbocycles. The van der Waals surface area contributed by atoms with Crippen LogP contribution in [-0.4, -0.2) is 50.1 Å². The first kappa shape index (κ1) is 19.7. The molecule has 0 bridgehead atoms. The van der Waals surface area contributed by atoms with Crippen LogP contribution in [0, 0.1) is 0 Å². The van der Waals surface area contributed by atoms with Crippen molar-refractivity contribution in [2.45, 2.75) is 13.0 Å². The maximum absolute atomic E-state index is 12.4. The molecule has 6 heteroatoms. The molecule has 1 amide bonds. The van der Waals surface area contributed by atoms with Crippen LogP contribution in [0.4, 0.5) is 0 Å². The molecule has 0 aromatic heterocycles. The first-order valence-electron chi connectivity index (χ1n) is 9.39. The quantitative estimate of drug-likeness (QED) is 0.684. The van der Waals surface area contributed by atoms with Gasteiger partial charge in [0.1, 0.15) is 12.4 Å². The standard InChI is InChI=1S/C21H26ClN3O2/c22-19-7-5-17(6-8-19)16-27-20-4-1-3-18(15-20)21(26)24-9-2-12-25-13-10-23-11-14-25/h1,3-8,15,23H,2,9-14,16H2,(H,24,26). The molecule has 0 saturated carbocycles. The van der Waals surface area contributed by atoms with Gasteiger partial charge in [-0.1, -0.05) is 29.8 Å². The Morgan fingerprint density at radius 3 is 2.70 bits per heavy atom. The minimum absolute atomic E-state index is 0.0627. The molecule has 2 N–H and O–H groups in total. The monoisotopic (exact) mass is 387 g/mol. The molecule has 1 aliphatic heterocycles. The molecule has 1 saturated heterocycles. The minimum atomic E-state index is -0.0627. The van der Waals surface area contributed by atoms with Crippen molar-refractivity contribution in [2.24, 2.45) is 0 Å². The van der Waals surface area contributed by atoms with E-state index in [1.165, 1.54) is 0 Å². The zero-order valence-electron chi connectivity index (χ0n) is 15.4. The predicted molar refractivity (Wildman–Crippen MR) is 108 cm³/mol. The third-order valence-electron chi connectivity index (χ3n) is 4.56. The third-order valence-corrected chi connectivity index (χ3v) is 4.81. The number of carbonyl (C=O) groups excluding carboxylic acids is 1. The fourth-order valence-electron chi connectivity index (χ4n) is 3.02. The largest absolute Gasteiger partial charge is 0.489 e. The van der Waals surface area contributed by atoms with Crippen LogP contribution in [0.1, 0.15) is 22.3 Å². The van der Waals surface area contributed by atoms with E-state index in [0.717, 1.165) is 44.7 Å². The summed E-state index contributed by atoms with van der Waals surface area (Å²) in [5.74, 6) is 0.616. The summed E-state index contributed by atoms with van der Waals surface area (Å²) in [6, 6.07) is 14.8. The van der Waals surface area contributed by atoms with Crippen LogP contribution in [0.15, 0.2) is 48.5 Å². The second kappa shape index (κ2) is 10.3. The smallest absolute Gasteiger partial charge is 0.251 e. The lowest BCUT2D eigenvalue weighted by Gasteiger charge is -2.27. The van der Waals surface area contributed by atoms with Crippen LogP contribution in [0.2, 0.25) is 5.02 Å². The number of piperazine rings is 1. The van der Waals surface area contributed by atoms with E-state index >= 15 is 0 Å². The predicted octanol–water partition coefficient (Wildman–Crippen LogP) is 2.94. The summed E-state index contributed by atoms with van der Waals surface area (Å²) in [7, 11) is 0. The molecular formula is C21H26ClN3O2. The highest BCUT2D eigenvalue weighted by atomic mass is 35.5. The summed E-state index contributed by atoms with van der Waals surface area (Å²) >= 11 is 5.89. The van der Waals surface area contributed by atoms with E-state index in [0.29, 0.717) is 29.5 Å². The normalized spacial score (nSPS) is 14.7. The molecular weight excluding hydrogens is 362 g/mol. The average molecular weight is 388 g/mol. The summed E-state index contributed by atoms with van der Waals surface area (Å²) in [4.78, 5) is 14.8. The number of nitrogens with one attached hydrogen (secondary N) is 2. The molecule has 1 fully saturated rings. The van der Waals surface area contributed by atoms with Crippen LogP contribution < -0.4 is 15.4 Å². The molecule has 2 aromatic carbocycles. The van der Waals surface area contributed by atoms with E-state index in [1.807, 2.05) is 36.4 Å². The van der Waals surface area contributed by atoms with Crippen LogP contribution in [0.25, 0.3) is 0 Å². The van der Waals surface area contributed by atoms with Crippen LogP contribution in [0.5, 0.6) is 5.75 Å². The van der Waals surface area contributed by atoms with Gasteiger partial charge in [-0.15, -0.1) is 0 Å². The van der Waals surface area contributed by atoms with Crippen molar-refractivity contribution >= 4 is 17.5 Å². The first-order chi connectivity index (χ1) is 13.2. The lowest BCUT2D eigenvalue weighted by atomic mass is 10.2. The number of halogens is 1. The Kier molecular flexibility index (Phi) is 7.51. The van der Waals surface area contributed by atoms with Crippen molar-refractivity contribution in [3.63, 3.8) is 0 Å². The lowest BCUT2D eigenvalue weighted by Crippen LogP contribution is -2.44. The van der Waals surface area contributed by atoms with Crippen molar-refractivity contribution in [2.75, 3.05) is 39.3 Å². The maximum atomic E-state index is 12.4. The third kappa shape index (κ3) is 6.54. The number of hydrogen-bond donors (Lipinski definition) is 2. The Balaban J connectivity index is 1.43. The van der Waals surface area contributed by atoms with Crippen LogP contribution >= 0.6 is 11.6 Å². The topological polar surface area (TPSA) is 53.6 Å². The second-order valence-corrected chi connectivity index (χ2v) is 7.08. The molecule has 0 unspecified atom stereocenters. The van der Waals surface area contributed by atoms with E-state index in [-0.39, 0.29) is 5.91 Å². The van der Waals surface area contributed by atoms with E-state index in [4.69, 9.17) is 16.3 Å². The van der Waals surface area contributed by atoms with Gasteiger partial charge in [0, 0.05) is 43.3 Å². The number of nitrogens with zero attached hydrogens (tertiary/aromatic N) is 1. The molecule has 0 radical (unpaired) electrons. The highest BCUT2D eigenvalue weighted by molar-refractivity contribution is 6.30. The van der Waals surface area contributed by atoms with Gasteiger partial charge >= 0.3 is 0 Å². The van der Waals surface area contributed by atoms with E-state index in [9.17, 15) is 4.79 Å². The van der Waals surface area contributed by atoms with Gasteiger partial charge < -0.3 is 20.3 Å². The zero-order valence-corrected chi connectivity index (χ0v) is 16.2. The number of rotatable bonds is 8. The van der Waals surface area contributed by atoms with Crippen molar-refractivity contribution in [1.29, 1.82) is 0 Å². The van der Waals surface area contributed by atoms with E-state index < -0.39 is 0 Å². The van der Waals surface area contributed by atoms with E-state index in [1.54, 1.807) is 12.1 Å².